The highest BCUT2D eigenvalue weighted by atomic mass is 35.5. The fourth-order valence-corrected chi connectivity index (χ4v) is 3.40. The fraction of sp³-hybridized carbons (Fsp3) is 0.263. The molecule has 2 aromatic carbocycles. The van der Waals surface area contributed by atoms with Crippen molar-refractivity contribution in [2.45, 2.75) is 19.4 Å². The molecule has 0 aliphatic carbocycles. The molecule has 0 unspecified atom stereocenters. The Bertz CT molecular complexity index is 879. The number of carbonyl (C=O) groups is 1. The second kappa shape index (κ2) is 6.38. The van der Waals surface area contributed by atoms with Gasteiger partial charge in [0.05, 0.1) is 17.6 Å². The number of benzene rings is 2. The van der Waals surface area contributed by atoms with Gasteiger partial charge < -0.3 is 0 Å². The van der Waals surface area contributed by atoms with Crippen LogP contribution in [0.1, 0.15) is 29.0 Å². The third-order valence-electron chi connectivity index (χ3n) is 4.49. The van der Waals surface area contributed by atoms with Crippen LogP contribution in [0, 0.1) is 0 Å². The van der Waals surface area contributed by atoms with Gasteiger partial charge in [-0.2, -0.15) is 0 Å². The van der Waals surface area contributed by atoms with Gasteiger partial charge >= 0.3 is 0 Å². The molecular formula is C19H18ClN3O. The van der Waals surface area contributed by atoms with E-state index in [4.69, 9.17) is 16.6 Å². The van der Waals surface area contributed by atoms with E-state index in [1.807, 2.05) is 24.3 Å². The number of imidazole rings is 1. The van der Waals surface area contributed by atoms with E-state index < -0.39 is 0 Å². The molecule has 4 rings (SSSR count). The minimum Gasteiger partial charge on any atom is -0.296 e. The van der Waals surface area contributed by atoms with Crippen molar-refractivity contribution in [3.05, 3.63) is 64.9 Å². The van der Waals surface area contributed by atoms with Gasteiger partial charge in [-0.1, -0.05) is 23.7 Å². The van der Waals surface area contributed by atoms with E-state index in [9.17, 15) is 4.79 Å². The van der Waals surface area contributed by atoms with Crippen LogP contribution >= 0.6 is 11.6 Å². The lowest BCUT2D eigenvalue weighted by Gasteiger charge is -2.15. The van der Waals surface area contributed by atoms with Gasteiger partial charge in [-0.05, 0) is 62.3 Å². The molecule has 0 atom stereocenters. The van der Waals surface area contributed by atoms with Gasteiger partial charge in [0, 0.05) is 10.6 Å². The van der Waals surface area contributed by atoms with Crippen LogP contribution in [0.2, 0.25) is 5.02 Å². The molecule has 1 aliphatic rings. The second-order valence-corrected chi connectivity index (χ2v) is 6.58. The van der Waals surface area contributed by atoms with Gasteiger partial charge in [-0.25, -0.2) is 4.98 Å². The van der Waals surface area contributed by atoms with Crippen molar-refractivity contribution in [3.8, 4) is 0 Å². The summed E-state index contributed by atoms with van der Waals surface area (Å²) in [7, 11) is 0. The van der Waals surface area contributed by atoms with E-state index >= 15 is 0 Å². The Balaban J connectivity index is 1.79. The molecule has 1 saturated heterocycles. The molecule has 0 spiro atoms. The minimum absolute atomic E-state index is 0.0606. The summed E-state index contributed by atoms with van der Waals surface area (Å²) >= 11 is 5.94. The van der Waals surface area contributed by atoms with Crippen molar-refractivity contribution in [1.29, 1.82) is 0 Å². The Kier molecular flexibility index (Phi) is 4.08. The Morgan fingerprint density at radius 3 is 2.50 bits per heavy atom. The summed E-state index contributed by atoms with van der Waals surface area (Å²) in [5.41, 5.74) is 2.32. The zero-order valence-corrected chi connectivity index (χ0v) is 14.0. The topological polar surface area (TPSA) is 38.1 Å². The van der Waals surface area contributed by atoms with E-state index in [2.05, 4.69) is 4.90 Å². The zero-order chi connectivity index (χ0) is 16.5. The Labute approximate surface area is 145 Å². The van der Waals surface area contributed by atoms with Crippen LogP contribution in [0.3, 0.4) is 0 Å². The van der Waals surface area contributed by atoms with Crippen molar-refractivity contribution in [3.63, 3.8) is 0 Å². The summed E-state index contributed by atoms with van der Waals surface area (Å²) in [5, 5.41) is 0.624. The largest absolute Gasteiger partial charge is 0.296 e. The molecule has 0 radical (unpaired) electrons. The standard InChI is InChI=1S/C19H18ClN3O/c20-15-9-7-14(8-10-15)19(24)23-17-6-2-1-5-16(17)21-18(23)13-22-11-3-4-12-22/h1-2,5-10H,3-4,11-13H2. The van der Waals surface area contributed by atoms with Gasteiger partial charge in [0.15, 0.2) is 0 Å². The van der Waals surface area contributed by atoms with Gasteiger partial charge in [-0.15, -0.1) is 0 Å². The lowest BCUT2D eigenvalue weighted by molar-refractivity contribution is 0.0958. The Morgan fingerprint density at radius 2 is 1.75 bits per heavy atom. The first-order chi connectivity index (χ1) is 11.7. The monoisotopic (exact) mass is 339 g/mol. The summed E-state index contributed by atoms with van der Waals surface area (Å²) in [6, 6.07) is 14.8. The number of rotatable bonds is 3. The Morgan fingerprint density at radius 1 is 1.04 bits per heavy atom. The highest BCUT2D eigenvalue weighted by molar-refractivity contribution is 6.30. The third kappa shape index (κ3) is 2.83. The fourth-order valence-electron chi connectivity index (χ4n) is 3.27. The minimum atomic E-state index is -0.0606. The Hall–Kier alpha value is -2.17. The zero-order valence-electron chi connectivity index (χ0n) is 13.3. The van der Waals surface area contributed by atoms with Crippen molar-refractivity contribution < 1.29 is 4.79 Å². The molecule has 1 fully saturated rings. The first kappa shape index (κ1) is 15.4. The number of halogens is 1. The number of para-hydroxylation sites is 2. The molecule has 0 N–H and O–H groups in total. The van der Waals surface area contributed by atoms with E-state index in [0.717, 1.165) is 29.9 Å². The van der Waals surface area contributed by atoms with Crippen LogP contribution in [-0.2, 0) is 6.54 Å². The van der Waals surface area contributed by atoms with Crippen molar-refractivity contribution in [2.75, 3.05) is 13.1 Å². The van der Waals surface area contributed by atoms with Crippen molar-refractivity contribution in [2.24, 2.45) is 0 Å². The van der Waals surface area contributed by atoms with E-state index in [-0.39, 0.29) is 5.91 Å². The molecule has 0 saturated carbocycles. The molecule has 24 heavy (non-hydrogen) atoms. The maximum atomic E-state index is 13.1. The van der Waals surface area contributed by atoms with Crippen LogP contribution in [0.25, 0.3) is 11.0 Å². The predicted molar refractivity (Wildman–Crippen MR) is 95.4 cm³/mol. The highest BCUT2D eigenvalue weighted by Crippen LogP contribution is 2.21. The SMILES string of the molecule is O=C(c1ccc(Cl)cc1)n1c(CN2CCCC2)nc2ccccc21. The lowest BCUT2D eigenvalue weighted by Crippen LogP contribution is -2.24. The smallest absolute Gasteiger partial charge is 0.263 e. The average molecular weight is 340 g/mol. The molecule has 4 nitrogen and oxygen atoms in total. The molecule has 3 aromatic rings. The molecule has 0 bridgehead atoms. The summed E-state index contributed by atoms with van der Waals surface area (Å²) in [4.78, 5) is 20.2. The van der Waals surface area contributed by atoms with Crippen LogP contribution in [0.15, 0.2) is 48.5 Å². The summed E-state index contributed by atoms with van der Waals surface area (Å²) in [6.07, 6.45) is 2.43. The van der Waals surface area contributed by atoms with E-state index in [1.165, 1.54) is 12.8 Å². The van der Waals surface area contributed by atoms with Crippen LogP contribution in [0.4, 0.5) is 0 Å². The molecule has 1 aliphatic heterocycles. The molecular weight excluding hydrogens is 322 g/mol. The van der Waals surface area contributed by atoms with Gasteiger partial charge in [0.2, 0.25) is 0 Å². The van der Waals surface area contributed by atoms with Crippen molar-refractivity contribution >= 4 is 28.5 Å². The summed E-state index contributed by atoms with van der Waals surface area (Å²) < 4.78 is 1.75. The third-order valence-corrected chi connectivity index (χ3v) is 4.74. The van der Waals surface area contributed by atoms with Crippen molar-refractivity contribution in [1.82, 2.24) is 14.5 Å². The number of likely N-dealkylation sites (tertiary alicyclic amines) is 1. The molecule has 2 heterocycles. The van der Waals surface area contributed by atoms with Gasteiger partial charge in [0.25, 0.3) is 5.91 Å². The average Bonchev–Trinajstić information content (AvgIpc) is 3.22. The van der Waals surface area contributed by atoms with E-state index in [1.54, 1.807) is 28.8 Å². The maximum absolute atomic E-state index is 13.1. The quantitative estimate of drug-likeness (QED) is 0.724. The van der Waals surface area contributed by atoms with Crippen LogP contribution in [0.5, 0.6) is 0 Å². The first-order valence-corrected chi connectivity index (χ1v) is 8.59. The molecule has 122 valence electrons. The van der Waals surface area contributed by atoms with Gasteiger partial charge in [-0.3, -0.25) is 14.3 Å². The summed E-state index contributed by atoms with van der Waals surface area (Å²) in [5.74, 6) is 0.743. The van der Waals surface area contributed by atoms with Gasteiger partial charge in [0.1, 0.15) is 5.82 Å². The molecule has 0 amide bonds. The predicted octanol–water partition coefficient (Wildman–Crippen LogP) is 3.97. The number of aromatic nitrogens is 2. The number of carbonyl (C=O) groups excluding carboxylic acids is 1. The number of hydrogen-bond donors (Lipinski definition) is 0. The number of fused-ring (bicyclic) bond motifs is 1. The molecule has 1 aromatic heterocycles. The summed E-state index contributed by atoms with van der Waals surface area (Å²) in [6.45, 7) is 2.84. The molecule has 5 heteroatoms. The number of nitrogens with zero attached hydrogens (tertiary/aromatic N) is 3. The lowest BCUT2D eigenvalue weighted by atomic mass is 10.2. The highest BCUT2D eigenvalue weighted by Gasteiger charge is 2.21. The maximum Gasteiger partial charge on any atom is 0.263 e. The second-order valence-electron chi connectivity index (χ2n) is 6.15. The van der Waals surface area contributed by atoms with Crippen LogP contribution < -0.4 is 0 Å². The van der Waals surface area contributed by atoms with E-state index in [0.29, 0.717) is 17.1 Å². The first-order valence-electron chi connectivity index (χ1n) is 8.21. The van der Waals surface area contributed by atoms with Crippen LogP contribution in [-0.4, -0.2) is 33.4 Å². The normalized spacial score (nSPS) is 15.2. The number of hydrogen-bond acceptors (Lipinski definition) is 3.